The molecule has 1 aromatic carbocycles. The summed E-state index contributed by atoms with van der Waals surface area (Å²) in [6.45, 7) is 4.15. The Hall–Kier alpha value is -2.07. The quantitative estimate of drug-likeness (QED) is 0.638. The molecule has 3 heterocycles. The van der Waals surface area contributed by atoms with Crippen LogP contribution in [0.15, 0.2) is 47.2 Å². The molecule has 0 aromatic heterocycles. The number of nitrogens with one attached hydrogen (secondary N) is 1. The Morgan fingerprint density at radius 1 is 1.42 bits per heavy atom. The Morgan fingerprint density at radius 2 is 2.25 bits per heavy atom. The van der Waals surface area contributed by atoms with Gasteiger partial charge in [-0.2, -0.15) is 0 Å². The van der Waals surface area contributed by atoms with Crippen molar-refractivity contribution in [1.29, 1.82) is 0 Å². The number of fused-ring (bicyclic) bond motifs is 2. The number of hydrogen-bond donors (Lipinski definition) is 1. The van der Waals surface area contributed by atoms with Crippen LogP contribution in [-0.4, -0.2) is 37.1 Å². The van der Waals surface area contributed by atoms with Crippen LogP contribution in [0.25, 0.3) is 0 Å². The van der Waals surface area contributed by atoms with Gasteiger partial charge in [0, 0.05) is 36.4 Å². The minimum Gasteiger partial charge on any atom is -0.466 e. The number of nitrogens with zero attached hydrogens (tertiary/aromatic N) is 1. The van der Waals surface area contributed by atoms with Crippen molar-refractivity contribution in [3.8, 4) is 0 Å². The molecular weight excluding hydrogens is 300 g/mol. The maximum Gasteiger partial charge on any atom is 0.336 e. The number of carbonyl (C=O) groups is 1. The van der Waals surface area contributed by atoms with Crippen molar-refractivity contribution in [3.05, 3.63) is 52.7 Å². The molecule has 2 fully saturated rings. The minimum atomic E-state index is -0.173. The van der Waals surface area contributed by atoms with E-state index in [2.05, 4.69) is 47.5 Å². The number of methoxy groups -OCH3 is 1. The normalized spacial score (nSPS) is 34.8. The Balaban J connectivity index is 1.82. The van der Waals surface area contributed by atoms with Gasteiger partial charge in [0.25, 0.3) is 0 Å². The molecule has 1 N–H and O–H groups in total. The third-order valence-electron chi connectivity index (χ3n) is 6.60. The zero-order valence-electron chi connectivity index (χ0n) is 14.1. The second-order valence-corrected chi connectivity index (χ2v) is 7.31. The number of rotatable bonds is 1. The molecule has 2 bridgehead atoms. The summed E-state index contributed by atoms with van der Waals surface area (Å²) in [6.07, 6.45) is 4.28. The van der Waals surface area contributed by atoms with Crippen molar-refractivity contribution < 1.29 is 9.53 Å². The van der Waals surface area contributed by atoms with Gasteiger partial charge in [0.1, 0.15) is 0 Å². The average molecular weight is 322 g/mol. The fraction of sp³-hybridized carbons (Fsp3) is 0.450. The van der Waals surface area contributed by atoms with E-state index in [1.807, 2.05) is 0 Å². The zero-order valence-corrected chi connectivity index (χ0v) is 14.1. The minimum absolute atomic E-state index is 0.0596. The second-order valence-electron chi connectivity index (χ2n) is 7.31. The van der Waals surface area contributed by atoms with Crippen LogP contribution in [-0.2, 0) is 14.9 Å². The highest BCUT2D eigenvalue weighted by atomic mass is 16.5. The molecule has 0 unspecified atom stereocenters. The standard InChI is InChI=1S/C20H22N2O2/c1-3-12-11-22-9-8-20-14-6-4-5-7-15(14)21-18(20)17(19(23)24-2)13(12)10-16(20)22/h3-7,13,16,21H,8-11H2,1-2H3/b12-3-/t13-,16-,20-/m1/s1. The number of ether oxygens (including phenoxy) is 1. The number of benzene rings is 1. The third-order valence-corrected chi connectivity index (χ3v) is 6.60. The van der Waals surface area contributed by atoms with E-state index < -0.39 is 0 Å². The van der Waals surface area contributed by atoms with Gasteiger partial charge in [-0.15, -0.1) is 0 Å². The largest absolute Gasteiger partial charge is 0.466 e. The van der Waals surface area contributed by atoms with Crippen LogP contribution in [0.5, 0.6) is 0 Å². The summed E-state index contributed by atoms with van der Waals surface area (Å²) in [5, 5.41) is 3.62. The van der Waals surface area contributed by atoms with Gasteiger partial charge in [-0.05, 0) is 31.4 Å². The molecule has 1 aromatic rings. The molecule has 24 heavy (non-hydrogen) atoms. The van der Waals surface area contributed by atoms with E-state index in [4.69, 9.17) is 4.74 Å². The van der Waals surface area contributed by atoms with Crippen molar-refractivity contribution in [2.75, 3.05) is 25.5 Å². The first-order valence-corrected chi connectivity index (χ1v) is 8.79. The molecule has 2 saturated heterocycles. The Kier molecular flexibility index (Phi) is 2.82. The van der Waals surface area contributed by atoms with Gasteiger partial charge in [0.15, 0.2) is 0 Å². The van der Waals surface area contributed by atoms with Crippen LogP contribution < -0.4 is 5.32 Å². The lowest BCUT2D eigenvalue weighted by Crippen LogP contribution is -2.53. The molecule has 3 aliphatic heterocycles. The van der Waals surface area contributed by atoms with E-state index in [1.54, 1.807) is 0 Å². The molecule has 4 heteroatoms. The maximum atomic E-state index is 12.7. The highest BCUT2D eigenvalue weighted by molar-refractivity contribution is 5.94. The van der Waals surface area contributed by atoms with Gasteiger partial charge in [-0.25, -0.2) is 4.79 Å². The number of hydrogen-bond acceptors (Lipinski definition) is 4. The summed E-state index contributed by atoms with van der Waals surface area (Å²) in [6, 6.07) is 9.03. The summed E-state index contributed by atoms with van der Waals surface area (Å²) in [7, 11) is 1.50. The van der Waals surface area contributed by atoms with Crippen LogP contribution in [0.3, 0.4) is 0 Å². The molecular formula is C20H22N2O2. The molecule has 0 saturated carbocycles. The van der Waals surface area contributed by atoms with Gasteiger partial charge in [0.05, 0.1) is 18.1 Å². The second kappa shape index (κ2) is 4.73. The van der Waals surface area contributed by atoms with Gasteiger partial charge in [0.2, 0.25) is 0 Å². The molecule has 4 nitrogen and oxygen atoms in total. The first kappa shape index (κ1) is 14.3. The predicted octanol–water partition coefficient (Wildman–Crippen LogP) is 2.83. The lowest BCUT2D eigenvalue weighted by atomic mass is 9.62. The highest BCUT2D eigenvalue weighted by Crippen LogP contribution is 2.61. The number of esters is 1. The number of para-hydroxylation sites is 1. The summed E-state index contributed by atoms with van der Waals surface area (Å²) >= 11 is 0. The topological polar surface area (TPSA) is 41.6 Å². The predicted molar refractivity (Wildman–Crippen MR) is 92.6 cm³/mol. The summed E-state index contributed by atoms with van der Waals surface area (Å²) in [5.74, 6) is 0.0135. The lowest BCUT2D eigenvalue weighted by molar-refractivity contribution is -0.137. The molecule has 5 rings (SSSR count). The number of carbonyl (C=O) groups excluding carboxylic acids is 1. The smallest absolute Gasteiger partial charge is 0.336 e. The zero-order chi connectivity index (χ0) is 16.5. The van der Waals surface area contributed by atoms with E-state index in [0.29, 0.717) is 6.04 Å². The van der Waals surface area contributed by atoms with Gasteiger partial charge >= 0.3 is 5.97 Å². The van der Waals surface area contributed by atoms with Crippen LogP contribution in [0.2, 0.25) is 0 Å². The molecule has 1 aliphatic carbocycles. The van der Waals surface area contributed by atoms with Crippen molar-refractivity contribution in [1.82, 2.24) is 4.90 Å². The highest BCUT2D eigenvalue weighted by Gasteiger charge is 2.62. The molecule has 1 spiro atoms. The summed E-state index contributed by atoms with van der Waals surface area (Å²) in [4.78, 5) is 15.3. The van der Waals surface area contributed by atoms with Crippen molar-refractivity contribution in [3.63, 3.8) is 0 Å². The Morgan fingerprint density at radius 3 is 3.04 bits per heavy atom. The molecule has 0 amide bonds. The van der Waals surface area contributed by atoms with E-state index in [9.17, 15) is 4.79 Å². The molecule has 124 valence electrons. The Bertz CT molecular complexity index is 810. The number of anilines is 1. The first-order valence-electron chi connectivity index (χ1n) is 8.79. The monoisotopic (exact) mass is 322 g/mol. The van der Waals surface area contributed by atoms with Crippen molar-refractivity contribution >= 4 is 11.7 Å². The van der Waals surface area contributed by atoms with E-state index in [0.717, 1.165) is 42.9 Å². The molecule has 3 atom stereocenters. The van der Waals surface area contributed by atoms with Gasteiger partial charge in [-0.1, -0.05) is 29.8 Å². The summed E-state index contributed by atoms with van der Waals surface area (Å²) in [5.41, 5.74) is 5.78. The maximum absolute atomic E-state index is 12.7. The van der Waals surface area contributed by atoms with Crippen LogP contribution >= 0.6 is 0 Å². The van der Waals surface area contributed by atoms with E-state index >= 15 is 0 Å². The van der Waals surface area contributed by atoms with Crippen molar-refractivity contribution in [2.45, 2.75) is 31.2 Å². The van der Waals surface area contributed by atoms with Gasteiger partial charge < -0.3 is 10.1 Å². The fourth-order valence-corrected chi connectivity index (χ4v) is 5.61. The lowest BCUT2D eigenvalue weighted by Gasteiger charge is -2.48. The third kappa shape index (κ3) is 1.50. The van der Waals surface area contributed by atoms with Crippen molar-refractivity contribution in [2.24, 2.45) is 5.92 Å². The van der Waals surface area contributed by atoms with Crippen LogP contribution in [0.1, 0.15) is 25.3 Å². The first-order chi connectivity index (χ1) is 11.7. The van der Waals surface area contributed by atoms with E-state index in [1.165, 1.54) is 18.2 Å². The van der Waals surface area contributed by atoms with E-state index in [-0.39, 0.29) is 17.3 Å². The Labute approximate surface area is 142 Å². The number of piperidine rings is 1. The van der Waals surface area contributed by atoms with Gasteiger partial charge in [-0.3, -0.25) is 4.90 Å². The number of allylic oxidation sites excluding steroid dienone is 1. The SMILES string of the molecule is C/C=C1/CN2CC[C@]34C(=C(C(=O)OC)[C@@H]1C[C@@H]23)Nc1ccccc14. The fourth-order valence-electron chi connectivity index (χ4n) is 5.61. The summed E-state index contributed by atoms with van der Waals surface area (Å²) < 4.78 is 5.21. The molecule has 0 radical (unpaired) electrons. The molecule has 4 aliphatic rings. The average Bonchev–Trinajstić information content (AvgIpc) is 3.17. The van der Waals surface area contributed by atoms with Crippen LogP contribution in [0.4, 0.5) is 5.69 Å². The van der Waals surface area contributed by atoms with Crippen LogP contribution in [0, 0.1) is 5.92 Å².